The number of carbonyl (C=O) groups is 1. The molecule has 0 radical (unpaired) electrons. The number of carbonyl (C=O) groups excluding carboxylic acids is 1. The Morgan fingerprint density at radius 1 is 1.13 bits per heavy atom. The molecule has 0 atom stereocenters. The largest absolute Gasteiger partial charge is 0.472 e. The highest BCUT2D eigenvalue weighted by Gasteiger charge is 2.06. The van der Waals surface area contributed by atoms with Crippen molar-refractivity contribution >= 4 is 5.91 Å². The molecule has 23 heavy (non-hydrogen) atoms. The fourth-order valence-electron chi connectivity index (χ4n) is 2.61. The highest BCUT2D eigenvalue weighted by Crippen LogP contribution is 2.23. The zero-order valence-corrected chi connectivity index (χ0v) is 14.0. The van der Waals surface area contributed by atoms with E-state index in [1.807, 2.05) is 6.07 Å². The number of aryl methyl sites for hydroxylation is 1. The molecule has 4 nitrogen and oxygen atoms in total. The molecule has 2 N–H and O–H groups in total. The van der Waals surface area contributed by atoms with Gasteiger partial charge in [-0.2, -0.15) is 0 Å². The molecule has 4 heteroatoms. The van der Waals surface area contributed by atoms with Crippen molar-refractivity contribution in [2.75, 3.05) is 13.1 Å². The lowest BCUT2D eigenvalue weighted by Crippen LogP contribution is -2.25. The van der Waals surface area contributed by atoms with Crippen molar-refractivity contribution in [3.05, 3.63) is 47.9 Å². The van der Waals surface area contributed by atoms with Crippen LogP contribution in [0, 0.1) is 0 Å². The quantitative estimate of drug-likeness (QED) is 0.696. The van der Waals surface area contributed by atoms with E-state index >= 15 is 0 Å². The number of rotatable bonds is 9. The molecule has 0 bridgehead atoms. The maximum atomic E-state index is 10.8. The smallest absolute Gasteiger partial charge is 0.216 e. The van der Waals surface area contributed by atoms with Crippen molar-refractivity contribution in [1.82, 2.24) is 10.6 Å². The van der Waals surface area contributed by atoms with E-state index in [-0.39, 0.29) is 5.91 Å². The summed E-state index contributed by atoms with van der Waals surface area (Å²) in [6, 6.07) is 8.62. The number of nitrogens with one attached hydrogen (secondary N) is 2. The summed E-state index contributed by atoms with van der Waals surface area (Å²) in [5, 5.41) is 6.29. The molecule has 0 aliphatic carbocycles. The van der Waals surface area contributed by atoms with Gasteiger partial charge >= 0.3 is 0 Å². The van der Waals surface area contributed by atoms with E-state index in [0.29, 0.717) is 0 Å². The summed E-state index contributed by atoms with van der Waals surface area (Å²) in [6.07, 6.45) is 6.65. The molecule has 2 rings (SSSR count). The van der Waals surface area contributed by atoms with Gasteiger partial charge in [-0.3, -0.25) is 4.79 Å². The topological polar surface area (TPSA) is 54.3 Å². The Kier molecular flexibility index (Phi) is 6.88. The van der Waals surface area contributed by atoms with Gasteiger partial charge in [0.2, 0.25) is 5.91 Å². The van der Waals surface area contributed by atoms with E-state index in [1.54, 1.807) is 19.5 Å². The van der Waals surface area contributed by atoms with E-state index in [2.05, 4.69) is 35.8 Å². The normalized spacial score (nSPS) is 10.7. The molecule has 0 aliphatic rings. The van der Waals surface area contributed by atoms with Crippen molar-refractivity contribution in [2.24, 2.45) is 0 Å². The Morgan fingerprint density at radius 3 is 2.70 bits per heavy atom. The Balaban J connectivity index is 1.94. The van der Waals surface area contributed by atoms with E-state index in [1.165, 1.54) is 16.7 Å². The SMILES string of the molecule is CCCc1ccc(-c2ccoc2)cc1CNCCCNC(C)=O. The summed E-state index contributed by atoms with van der Waals surface area (Å²) < 4.78 is 5.18. The van der Waals surface area contributed by atoms with Gasteiger partial charge in [-0.1, -0.05) is 25.5 Å². The first-order valence-electron chi connectivity index (χ1n) is 8.30. The minimum absolute atomic E-state index is 0.0306. The number of amides is 1. The summed E-state index contributed by atoms with van der Waals surface area (Å²) >= 11 is 0. The van der Waals surface area contributed by atoms with Crippen LogP contribution in [0.3, 0.4) is 0 Å². The molecule has 0 fully saturated rings. The molecule has 1 amide bonds. The third kappa shape index (κ3) is 5.57. The van der Waals surface area contributed by atoms with Gasteiger partial charge in [-0.15, -0.1) is 0 Å². The van der Waals surface area contributed by atoms with Crippen LogP contribution in [0.25, 0.3) is 11.1 Å². The number of hydrogen-bond acceptors (Lipinski definition) is 3. The summed E-state index contributed by atoms with van der Waals surface area (Å²) in [5.41, 5.74) is 5.03. The Labute approximate surface area is 138 Å². The Bertz CT molecular complexity index is 606. The fraction of sp³-hybridized carbons (Fsp3) is 0.421. The second-order valence-corrected chi connectivity index (χ2v) is 5.76. The monoisotopic (exact) mass is 314 g/mol. The lowest BCUT2D eigenvalue weighted by atomic mass is 9.98. The van der Waals surface area contributed by atoms with Gasteiger partial charge in [0, 0.05) is 25.6 Å². The minimum atomic E-state index is 0.0306. The molecule has 0 unspecified atom stereocenters. The first-order valence-corrected chi connectivity index (χ1v) is 8.30. The summed E-state index contributed by atoms with van der Waals surface area (Å²) in [6.45, 7) is 6.21. The lowest BCUT2D eigenvalue weighted by molar-refractivity contribution is -0.118. The number of benzene rings is 1. The van der Waals surface area contributed by atoms with Crippen LogP contribution < -0.4 is 10.6 Å². The van der Waals surface area contributed by atoms with Crippen LogP contribution in [0.5, 0.6) is 0 Å². The van der Waals surface area contributed by atoms with Crippen LogP contribution in [-0.2, 0) is 17.8 Å². The highest BCUT2D eigenvalue weighted by molar-refractivity contribution is 5.72. The molecular weight excluding hydrogens is 288 g/mol. The van der Waals surface area contributed by atoms with Crippen LogP contribution >= 0.6 is 0 Å². The minimum Gasteiger partial charge on any atom is -0.472 e. The third-order valence-electron chi connectivity index (χ3n) is 3.80. The average molecular weight is 314 g/mol. The zero-order valence-electron chi connectivity index (χ0n) is 14.0. The fourth-order valence-corrected chi connectivity index (χ4v) is 2.61. The van der Waals surface area contributed by atoms with E-state index in [0.717, 1.165) is 44.5 Å². The number of furan rings is 1. The van der Waals surface area contributed by atoms with E-state index in [9.17, 15) is 4.79 Å². The van der Waals surface area contributed by atoms with Crippen molar-refractivity contribution in [1.29, 1.82) is 0 Å². The van der Waals surface area contributed by atoms with Crippen molar-refractivity contribution in [3.8, 4) is 11.1 Å². The lowest BCUT2D eigenvalue weighted by Gasteiger charge is -2.12. The van der Waals surface area contributed by atoms with Gasteiger partial charge in [0.1, 0.15) is 0 Å². The Morgan fingerprint density at radius 2 is 2.00 bits per heavy atom. The van der Waals surface area contributed by atoms with Gasteiger partial charge in [-0.05, 0) is 48.2 Å². The van der Waals surface area contributed by atoms with Crippen molar-refractivity contribution in [2.45, 2.75) is 39.7 Å². The molecule has 0 saturated carbocycles. The van der Waals surface area contributed by atoms with Gasteiger partial charge in [0.15, 0.2) is 0 Å². The summed E-state index contributed by atoms with van der Waals surface area (Å²) in [7, 11) is 0. The number of hydrogen-bond donors (Lipinski definition) is 2. The van der Waals surface area contributed by atoms with Gasteiger partial charge in [-0.25, -0.2) is 0 Å². The van der Waals surface area contributed by atoms with Gasteiger partial charge < -0.3 is 15.1 Å². The molecule has 0 spiro atoms. The second kappa shape index (κ2) is 9.16. The highest BCUT2D eigenvalue weighted by atomic mass is 16.3. The molecule has 1 aromatic carbocycles. The van der Waals surface area contributed by atoms with E-state index in [4.69, 9.17) is 4.42 Å². The predicted octanol–water partition coefficient (Wildman–Crippen LogP) is 3.51. The summed E-state index contributed by atoms with van der Waals surface area (Å²) in [5.74, 6) is 0.0306. The van der Waals surface area contributed by atoms with Gasteiger partial charge in [0.25, 0.3) is 0 Å². The van der Waals surface area contributed by atoms with Crippen LogP contribution in [-0.4, -0.2) is 19.0 Å². The molecule has 2 aromatic rings. The van der Waals surface area contributed by atoms with Crippen molar-refractivity contribution < 1.29 is 9.21 Å². The zero-order chi connectivity index (χ0) is 16.5. The molecule has 1 aromatic heterocycles. The molecule has 0 aliphatic heterocycles. The Hall–Kier alpha value is -2.07. The molecule has 124 valence electrons. The van der Waals surface area contributed by atoms with Gasteiger partial charge in [0.05, 0.1) is 12.5 Å². The predicted molar refractivity (Wildman–Crippen MR) is 93.1 cm³/mol. The second-order valence-electron chi connectivity index (χ2n) is 5.76. The standard InChI is InChI=1S/C19H26N2O2/c1-3-5-16-6-7-17(18-8-11-23-14-18)12-19(16)13-20-9-4-10-21-15(2)22/h6-8,11-12,14,20H,3-5,9-10,13H2,1-2H3,(H,21,22). The molecule has 1 heterocycles. The maximum absolute atomic E-state index is 10.8. The molecular formula is C19H26N2O2. The van der Waals surface area contributed by atoms with E-state index < -0.39 is 0 Å². The first kappa shape index (κ1) is 17.3. The van der Waals surface area contributed by atoms with Crippen LogP contribution in [0.1, 0.15) is 37.8 Å². The first-order chi connectivity index (χ1) is 11.2. The van der Waals surface area contributed by atoms with Crippen LogP contribution in [0.15, 0.2) is 41.2 Å². The third-order valence-corrected chi connectivity index (χ3v) is 3.80. The van der Waals surface area contributed by atoms with Crippen molar-refractivity contribution in [3.63, 3.8) is 0 Å². The maximum Gasteiger partial charge on any atom is 0.216 e. The summed E-state index contributed by atoms with van der Waals surface area (Å²) in [4.78, 5) is 10.8. The van der Waals surface area contributed by atoms with Crippen LogP contribution in [0.4, 0.5) is 0 Å². The van der Waals surface area contributed by atoms with Crippen LogP contribution in [0.2, 0.25) is 0 Å². The average Bonchev–Trinajstić information content (AvgIpc) is 3.06. The molecule has 0 saturated heterocycles.